The van der Waals surface area contributed by atoms with Crippen LogP contribution >= 0.6 is 0 Å². The largest absolute Gasteiger partial charge is 0.302 e. The summed E-state index contributed by atoms with van der Waals surface area (Å²) in [5.74, 6) is 0.128. The van der Waals surface area contributed by atoms with Gasteiger partial charge in [0.1, 0.15) is 0 Å². The van der Waals surface area contributed by atoms with Gasteiger partial charge in [0.15, 0.2) is 5.78 Å². The molecule has 0 spiro atoms. The SMILES string of the molecule is CCCN(C)Cc1ccc(C(C)=O)cc1. The van der Waals surface area contributed by atoms with Crippen molar-refractivity contribution in [3.05, 3.63) is 35.4 Å². The van der Waals surface area contributed by atoms with Crippen LogP contribution in [0, 0.1) is 0 Å². The van der Waals surface area contributed by atoms with Crippen molar-refractivity contribution >= 4 is 5.78 Å². The first kappa shape index (κ1) is 11.9. The van der Waals surface area contributed by atoms with Crippen LogP contribution in [-0.4, -0.2) is 24.3 Å². The quantitative estimate of drug-likeness (QED) is 0.689. The monoisotopic (exact) mass is 205 g/mol. The second-order valence-electron chi connectivity index (χ2n) is 3.99. The number of hydrogen-bond donors (Lipinski definition) is 0. The van der Waals surface area contributed by atoms with Crippen molar-refractivity contribution in [1.29, 1.82) is 0 Å². The highest BCUT2D eigenvalue weighted by molar-refractivity contribution is 5.93. The van der Waals surface area contributed by atoms with E-state index in [4.69, 9.17) is 0 Å². The zero-order valence-electron chi connectivity index (χ0n) is 9.79. The van der Waals surface area contributed by atoms with E-state index < -0.39 is 0 Å². The van der Waals surface area contributed by atoms with Gasteiger partial charge >= 0.3 is 0 Å². The topological polar surface area (TPSA) is 20.3 Å². The number of benzene rings is 1. The molecule has 15 heavy (non-hydrogen) atoms. The first-order chi connectivity index (χ1) is 7.13. The molecule has 2 heteroatoms. The van der Waals surface area contributed by atoms with Gasteiger partial charge in [0.05, 0.1) is 0 Å². The van der Waals surface area contributed by atoms with E-state index in [1.807, 2.05) is 24.3 Å². The summed E-state index contributed by atoms with van der Waals surface area (Å²) in [7, 11) is 2.11. The van der Waals surface area contributed by atoms with Crippen LogP contribution in [0.3, 0.4) is 0 Å². The second kappa shape index (κ2) is 5.66. The Balaban J connectivity index is 2.60. The van der Waals surface area contributed by atoms with Crippen LogP contribution in [0.15, 0.2) is 24.3 Å². The van der Waals surface area contributed by atoms with Gasteiger partial charge in [-0.15, -0.1) is 0 Å². The molecule has 0 saturated carbocycles. The summed E-state index contributed by atoms with van der Waals surface area (Å²) in [6.07, 6.45) is 1.17. The van der Waals surface area contributed by atoms with E-state index in [-0.39, 0.29) is 5.78 Å². The average molecular weight is 205 g/mol. The molecular weight excluding hydrogens is 186 g/mol. The van der Waals surface area contributed by atoms with Gasteiger partial charge in [-0.3, -0.25) is 4.79 Å². The van der Waals surface area contributed by atoms with Crippen LogP contribution in [0.4, 0.5) is 0 Å². The zero-order valence-corrected chi connectivity index (χ0v) is 9.79. The molecule has 1 aromatic carbocycles. The molecule has 1 aromatic rings. The molecule has 0 amide bonds. The van der Waals surface area contributed by atoms with Crippen LogP contribution in [0.5, 0.6) is 0 Å². The molecule has 0 saturated heterocycles. The fourth-order valence-corrected chi connectivity index (χ4v) is 1.62. The van der Waals surface area contributed by atoms with Crippen molar-refractivity contribution in [3.63, 3.8) is 0 Å². The Morgan fingerprint density at radius 2 is 1.87 bits per heavy atom. The normalized spacial score (nSPS) is 10.7. The summed E-state index contributed by atoms with van der Waals surface area (Å²) < 4.78 is 0. The van der Waals surface area contributed by atoms with Gasteiger partial charge in [0, 0.05) is 12.1 Å². The molecule has 0 aliphatic carbocycles. The number of carbonyl (C=O) groups excluding carboxylic acids is 1. The number of nitrogens with zero attached hydrogens (tertiary/aromatic N) is 1. The van der Waals surface area contributed by atoms with E-state index in [1.54, 1.807) is 6.92 Å². The maximum Gasteiger partial charge on any atom is 0.159 e. The second-order valence-corrected chi connectivity index (χ2v) is 3.99. The Bertz CT molecular complexity index is 316. The molecule has 0 heterocycles. The number of ketones is 1. The van der Waals surface area contributed by atoms with Gasteiger partial charge < -0.3 is 4.90 Å². The van der Waals surface area contributed by atoms with E-state index in [0.29, 0.717) is 0 Å². The van der Waals surface area contributed by atoms with Crippen molar-refractivity contribution < 1.29 is 4.79 Å². The van der Waals surface area contributed by atoms with Crippen LogP contribution in [0.1, 0.15) is 36.2 Å². The molecule has 0 aromatic heterocycles. The Morgan fingerprint density at radius 3 is 2.33 bits per heavy atom. The predicted octanol–water partition coefficient (Wildman–Crippen LogP) is 2.73. The molecule has 0 radical (unpaired) electrons. The molecule has 0 atom stereocenters. The van der Waals surface area contributed by atoms with Crippen LogP contribution in [-0.2, 0) is 6.54 Å². The van der Waals surface area contributed by atoms with E-state index in [1.165, 1.54) is 12.0 Å². The van der Waals surface area contributed by atoms with Crippen molar-refractivity contribution in [1.82, 2.24) is 4.90 Å². The summed E-state index contributed by atoms with van der Waals surface area (Å²) >= 11 is 0. The summed E-state index contributed by atoms with van der Waals surface area (Å²) in [6.45, 7) is 5.83. The van der Waals surface area contributed by atoms with Gasteiger partial charge in [-0.2, -0.15) is 0 Å². The minimum atomic E-state index is 0.128. The van der Waals surface area contributed by atoms with E-state index in [0.717, 1.165) is 18.7 Å². The van der Waals surface area contributed by atoms with Crippen molar-refractivity contribution in [2.45, 2.75) is 26.8 Å². The lowest BCUT2D eigenvalue weighted by Gasteiger charge is -2.15. The first-order valence-electron chi connectivity index (χ1n) is 5.42. The van der Waals surface area contributed by atoms with E-state index in [9.17, 15) is 4.79 Å². The average Bonchev–Trinajstić information content (AvgIpc) is 2.18. The molecule has 82 valence electrons. The molecule has 0 aliphatic rings. The smallest absolute Gasteiger partial charge is 0.159 e. The Morgan fingerprint density at radius 1 is 1.27 bits per heavy atom. The maximum atomic E-state index is 11.1. The summed E-state index contributed by atoms with van der Waals surface area (Å²) in [6, 6.07) is 7.86. The Kier molecular flexibility index (Phi) is 4.50. The summed E-state index contributed by atoms with van der Waals surface area (Å²) in [5, 5.41) is 0. The maximum absolute atomic E-state index is 11.1. The van der Waals surface area contributed by atoms with Crippen molar-refractivity contribution in [3.8, 4) is 0 Å². The molecule has 0 N–H and O–H groups in total. The number of hydrogen-bond acceptors (Lipinski definition) is 2. The van der Waals surface area contributed by atoms with Gasteiger partial charge in [0.25, 0.3) is 0 Å². The molecule has 2 nitrogen and oxygen atoms in total. The molecule has 0 bridgehead atoms. The third kappa shape index (κ3) is 3.84. The number of Topliss-reactive ketones (excluding diaryl/α,β-unsaturated/α-hetero) is 1. The van der Waals surface area contributed by atoms with Gasteiger partial charge in [-0.25, -0.2) is 0 Å². The Hall–Kier alpha value is -1.15. The van der Waals surface area contributed by atoms with E-state index in [2.05, 4.69) is 18.9 Å². The highest BCUT2D eigenvalue weighted by Gasteiger charge is 2.01. The number of carbonyl (C=O) groups is 1. The minimum absolute atomic E-state index is 0.128. The predicted molar refractivity (Wildman–Crippen MR) is 63.1 cm³/mol. The van der Waals surface area contributed by atoms with Crippen molar-refractivity contribution in [2.75, 3.05) is 13.6 Å². The van der Waals surface area contributed by atoms with Gasteiger partial charge in [-0.1, -0.05) is 31.2 Å². The number of rotatable bonds is 5. The fraction of sp³-hybridized carbons (Fsp3) is 0.462. The molecule has 0 unspecified atom stereocenters. The Labute approximate surface area is 91.9 Å². The fourth-order valence-electron chi connectivity index (χ4n) is 1.62. The third-order valence-corrected chi connectivity index (χ3v) is 2.42. The van der Waals surface area contributed by atoms with Crippen molar-refractivity contribution in [2.24, 2.45) is 0 Å². The molecule has 0 aliphatic heterocycles. The summed E-state index contributed by atoms with van der Waals surface area (Å²) in [5.41, 5.74) is 2.05. The van der Waals surface area contributed by atoms with Crippen LogP contribution in [0.25, 0.3) is 0 Å². The molecular formula is C13H19NO. The molecule has 0 fully saturated rings. The minimum Gasteiger partial charge on any atom is -0.302 e. The lowest BCUT2D eigenvalue weighted by Crippen LogP contribution is -2.18. The van der Waals surface area contributed by atoms with E-state index >= 15 is 0 Å². The zero-order chi connectivity index (χ0) is 11.3. The van der Waals surface area contributed by atoms with Gasteiger partial charge in [-0.05, 0) is 32.5 Å². The molecule has 1 rings (SSSR count). The standard InChI is InChI=1S/C13H19NO/c1-4-9-14(3)10-12-5-7-13(8-6-12)11(2)15/h5-8H,4,9-10H2,1-3H3. The summed E-state index contributed by atoms with van der Waals surface area (Å²) in [4.78, 5) is 13.4. The third-order valence-electron chi connectivity index (χ3n) is 2.42. The highest BCUT2D eigenvalue weighted by atomic mass is 16.1. The lowest BCUT2D eigenvalue weighted by atomic mass is 10.1. The lowest BCUT2D eigenvalue weighted by molar-refractivity contribution is 0.101. The van der Waals surface area contributed by atoms with Crippen LogP contribution in [0.2, 0.25) is 0 Å². The first-order valence-corrected chi connectivity index (χ1v) is 5.42. The van der Waals surface area contributed by atoms with Crippen LogP contribution < -0.4 is 0 Å². The highest BCUT2D eigenvalue weighted by Crippen LogP contribution is 2.07. The van der Waals surface area contributed by atoms with Gasteiger partial charge in [0.2, 0.25) is 0 Å².